The van der Waals surface area contributed by atoms with Gasteiger partial charge in [-0.25, -0.2) is 0 Å². The molecule has 0 aliphatic carbocycles. The molecule has 0 amide bonds. The summed E-state index contributed by atoms with van der Waals surface area (Å²) in [5, 5.41) is 1.29. The first kappa shape index (κ1) is 13.3. The van der Waals surface area contributed by atoms with Gasteiger partial charge in [-0.15, -0.1) is 11.3 Å². The number of aryl methyl sites for hydroxylation is 2. The fourth-order valence-corrected chi connectivity index (χ4v) is 3.79. The molecule has 1 heterocycles. The summed E-state index contributed by atoms with van der Waals surface area (Å²) in [6.07, 6.45) is 0.898. The molecule has 3 aromatic rings. The van der Waals surface area contributed by atoms with E-state index in [2.05, 4.69) is 62.4 Å². The summed E-state index contributed by atoms with van der Waals surface area (Å²) in [6.45, 7) is 4.28. The first-order valence-corrected chi connectivity index (χ1v) is 7.75. The van der Waals surface area contributed by atoms with Crippen molar-refractivity contribution >= 4 is 21.4 Å². The molecule has 1 nitrogen and oxygen atoms in total. The Morgan fingerprint density at radius 2 is 1.70 bits per heavy atom. The standard InChI is InChI=1S/C18H19NS/c1-12-7-13(2)9-14(8-12)10-16(19)18-11-15-5-3-4-6-17(15)20-18/h3-9,11,16H,10,19H2,1-2H3. The number of hydrogen-bond acceptors (Lipinski definition) is 2. The van der Waals surface area contributed by atoms with Crippen molar-refractivity contribution in [2.75, 3.05) is 0 Å². The third kappa shape index (κ3) is 2.77. The Morgan fingerprint density at radius 1 is 1.00 bits per heavy atom. The van der Waals surface area contributed by atoms with Gasteiger partial charge in [0.15, 0.2) is 0 Å². The van der Waals surface area contributed by atoms with E-state index < -0.39 is 0 Å². The lowest BCUT2D eigenvalue weighted by atomic mass is 10.0. The molecule has 3 rings (SSSR count). The Morgan fingerprint density at radius 3 is 2.40 bits per heavy atom. The largest absolute Gasteiger partial charge is 0.323 e. The van der Waals surface area contributed by atoms with Crippen LogP contribution in [0.4, 0.5) is 0 Å². The molecule has 1 unspecified atom stereocenters. The lowest BCUT2D eigenvalue weighted by Gasteiger charge is -2.11. The summed E-state index contributed by atoms with van der Waals surface area (Å²) in [5.41, 5.74) is 10.3. The average molecular weight is 281 g/mol. The Bertz CT molecular complexity index is 689. The molecule has 0 aliphatic rings. The van der Waals surface area contributed by atoms with Gasteiger partial charge in [-0.05, 0) is 43.4 Å². The maximum Gasteiger partial charge on any atom is 0.0431 e. The van der Waals surface area contributed by atoms with Crippen LogP contribution in [-0.4, -0.2) is 0 Å². The number of nitrogens with two attached hydrogens (primary N) is 1. The van der Waals surface area contributed by atoms with Crippen LogP contribution in [0.2, 0.25) is 0 Å². The molecule has 0 bridgehead atoms. The van der Waals surface area contributed by atoms with Gasteiger partial charge in [-0.3, -0.25) is 0 Å². The molecule has 0 saturated heterocycles. The Balaban J connectivity index is 1.86. The van der Waals surface area contributed by atoms with E-state index in [1.54, 1.807) is 0 Å². The number of hydrogen-bond donors (Lipinski definition) is 1. The van der Waals surface area contributed by atoms with E-state index in [1.165, 1.54) is 31.7 Å². The molecule has 0 radical (unpaired) electrons. The van der Waals surface area contributed by atoms with E-state index in [9.17, 15) is 0 Å². The van der Waals surface area contributed by atoms with Crippen LogP contribution in [0.15, 0.2) is 48.5 Å². The SMILES string of the molecule is Cc1cc(C)cc(CC(N)c2cc3ccccc3s2)c1. The lowest BCUT2D eigenvalue weighted by molar-refractivity contribution is 0.736. The third-order valence-electron chi connectivity index (χ3n) is 3.55. The van der Waals surface area contributed by atoms with Crippen molar-refractivity contribution in [3.63, 3.8) is 0 Å². The molecule has 1 aromatic heterocycles. The molecule has 1 atom stereocenters. The maximum atomic E-state index is 6.40. The van der Waals surface area contributed by atoms with Gasteiger partial charge in [0.2, 0.25) is 0 Å². The average Bonchev–Trinajstić information content (AvgIpc) is 2.81. The van der Waals surface area contributed by atoms with E-state index >= 15 is 0 Å². The fraction of sp³-hybridized carbons (Fsp3) is 0.222. The van der Waals surface area contributed by atoms with Crippen LogP contribution in [0, 0.1) is 13.8 Å². The van der Waals surface area contributed by atoms with E-state index in [0.717, 1.165) is 6.42 Å². The van der Waals surface area contributed by atoms with Crippen LogP contribution >= 0.6 is 11.3 Å². The van der Waals surface area contributed by atoms with Gasteiger partial charge in [0.25, 0.3) is 0 Å². The van der Waals surface area contributed by atoms with Crippen LogP contribution in [-0.2, 0) is 6.42 Å². The molecule has 0 spiro atoms. The molecule has 0 aliphatic heterocycles. The van der Waals surface area contributed by atoms with Crippen LogP contribution in [0.3, 0.4) is 0 Å². The Labute approximate surface area is 124 Å². The number of fused-ring (bicyclic) bond motifs is 1. The van der Waals surface area contributed by atoms with Crippen LogP contribution < -0.4 is 5.73 Å². The van der Waals surface area contributed by atoms with Crippen molar-refractivity contribution in [3.8, 4) is 0 Å². The van der Waals surface area contributed by atoms with Gasteiger partial charge < -0.3 is 5.73 Å². The molecule has 20 heavy (non-hydrogen) atoms. The summed E-state index contributed by atoms with van der Waals surface area (Å²) >= 11 is 1.81. The lowest BCUT2D eigenvalue weighted by Crippen LogP contribution is -2.11. The quantitative estimate of drug-likeness (QED) is 0.736. The molecule has 0 saturated carbocycles. The van der Waals surface area contributed by atoms with Gasteiger partial charge in [-0.2, -0.15) is 0 Å². The van der Waals surface area contributed by atoms with Gasteiger partial charge in [0.05, 0.1) is 0 Å². The minimum atomic E-state index is 0.0774. The molecule has 2 N–H and O–H groups in total. The van der Waals surface area contributed by atoms with Crippen LogP contribution in [0.25, 0.3) is 10.1 Å². The highest BCUT2D eigenvalue weighted by molar-refractivity contribution is 7.19. The monoisotopic (exact) mass is 281 g/mol. The smallest absolute Gasteiger partial charge is 0.0431 e. The topological polar surface area (TPSA) is 26.0 Å². The third-order valence-corrected chi connectivity index (χ3v) is 4.80. The van der Waals surface area contributed by atoms with Crippen molar-refractivity contribution in [2.45, 2.75) is 26.3 Å². The predicted octanol–water partition coefficient (Wildman–Crippen LogP) is 4.76. The highest BCUT2D eigenvalue weighted by atomic mass is 32.1. The first-order valence-electron chi connectivity index (χ1n) is 6.93. The predicted molar refractivity (Wildman–Crippen MR) is 88.4 cm³/mol. The zero-order valence-corrected chi connectivity index (χ0v) is 12.7. The molecular weight excluding hydrogens is 262 g/mol. The van der Waals surface area contributed by atoms with Crippen molar-refractivity contribution in [1.29, 1.82) is 0 Å². The molecular formula is C18H19NS. The van der Waals surface area contributed by atoms with Crippen molar-refractivity contribution in [1.82, 2.24) is 0 Å². The second-order valence-electron chi connectivity index (χ2n) is 5.49. The summed E-state index contributed by atoms with van der Waals surface area (Å²) in [7, 11) is 0. The van der Waals surface area contributed by atoms with Gasteiger partial charge in [0.1, 0.15) is 0 Å². The van der Waals surface area contributed by atoms with Crippen LogP contribution in [0.1, 0.15) is 27.6 Å². The van der Waals surface area contributed by atoms with E-state index in [0.29, 0.717) is 0 Å². The maximum absolute atomic E-state index is 6.40. The minimum Gasteiger partial charge on any atom is -0.323 e. The Kier molecular flexibility index (Phi) is 3.60. The van der Waals surface area contributed by atoms with Gasteiger partial charge in [0, 0.05) is 15.6 Å². The van der Waals surface area contributed by atoms with Gasteiger partial charge >= 0.3 is 0 Å². The van der Waals surface area contributed by atoms with E-state index in [4.69, 9.17) is 5.73 Å². The summed E-state index contributed by atoms with van der Waals surface area (Å²) < 4.78 is 1.32. The van der Waals surface area contributed by atoms with Gasteiger partial charge in [-0.1, -0.05) is 47.5 Å². The molecule has 2 heteroatoms. The summed E-state index contributed by atoms with van der Waals surface area (Å²) in [4.78, 5) is 1.27. The van der Waals surface area contributed by atoms with E-state index in [-0.39, 0.29) is 6.04 Å². The minimum absolute atomic E-state index is 0.0774. The number of thiophene rings is 1. The highest BCUT2D eigenvalue weighted by Crippen LogP contribution is 2.30. The van der Waals surface area contributed by atoms with E-state index in [1.807, 2.05) is 11.3 Å². The molecule has 102 valence electrons. The molecule has 2 aromatic carbocycles. The number of rotatable bonds is 3. The van der Waals surface area contributed by atoms with Crippen molar-refractivity contribution in [3.05, 3.63) is 70.1 Å². The van der Waals surface area contributed by atoms with Crippen molar-refractivity contribution < 1.29 is 0 Å². The first-order chi connectivity index (χ1) is 9.61. The second kappa shape index (κ2) is 5.39. The Hall–Kier alpha value is -1.64. The van der Waals surface area contributed by atoms with Crippen LogP contribution in [0.5, 0.6) is 0 Å². The zero-order chi connectivity index (χ0) is 14.1. The highest BCUT2D eigenvalue weighted by Gasteiger charge is 2.11. The zero-order valence-electron chi connectivity index (χ0n) is 11.9. The summed E-state index contributed by atoms with van der Waals surface area (Å²) in [5.74, 6) is 0. The normalized spacial score (nSPS) is 12.8. The molecule has 0 fully saturated rings. The second-order valence-corrected chi connectivity index (χ2v) is 6.61. The fourth-order valence-electron chi connectivity index (χ4n) is 2.73. The summed E-state index contributed by atoms with van der Waals surface area (Å²) in [6, 6.07) is 17.5. The number of benzene rings is 2. The van der Waals surface area contributed by atoms with Crippen molar-refractivity contribution in [2.24, 2.45) is 5.73 Å².